The molecule has 0 atom stereocenters. The van der Waals surface area contributed by atoms with Crippen LogP contribution < -0.4 is 15.0 Å². The highest BCUT2D eigenvalue weighted by molar-refractivity contribution is 5.60. The van der Waals surface area contributed by atoms with Crippen LogP contribution in [0.1, 0.15) is 12.5 Å². The van der Waals surface area contributed by atoms with E-state index in [1.54, 1.807) is 0 Å². The molecular formula is C19H29N3O. The van der Waals surface area contributed by atoms with Crippen LogP contribution in [-0.2, 0) is 6.54 Å². The van der Waals surface area contributed by atoms with Crippen LogP contribution >= 0.6 is 0 Å². The van der Waals surface area contributed by atoms with Crippen molar-refractivity contribution in [3.05, 3.63) is 49.1 Å². The molecule has 126 valence electrons. The van der Waals surface area contributed by atoms with E-state index in [2.05, 4.69) is 46.5 Å². The molecule has 23 heavy (non-hydrogen) atoms. The molecule has 0 saturated carbocycles. The van der Waals surface area contributed by atoms with Gasteiger partial charge in [0, 0.05) is 45.8 Å². The van der Waals surface area contributed by atoms with E-state index < -0.39 is 0 Å². The lowest BCUT2D eigenvalue weighted by molar-refractivity contribution is 0.322. The minimum absolute atomic E-state index is 0.686. The highest BCUT2D eigenvalue weighted by Crippen LogP contribution is 2.30. The fourth-order valence-electron chi connectivity index (χ4n) is 2.92. The molecule has 2 rings (SSSR count). The first-order valence-corrected chi connectivity index (χ1v) is 8.44. The number of nitrogens with zero attached hydrogens (tertiary/aromatic N) is 2. The quantitative estimate of drug-likeness (QED) is 0.709. The maximum Gasteiger partial charge on any atom is 0.142 e. The Morgan fingerprint density at radius 2 is 1.91 bits per heavy atom. The maximum atomic E-state index is 5.91. The summed E-state index contributed by atoms with van der Waals surface area (Å²) in [5.41, 5.74) is 2.46. The molecule has 0 aromatic heterocycles. The topological polar surface area (TPSA) is 27.7 Å². The summed E-state index contributed by atoms with van der Waals surface area (Å²) in [6.07, 6.45) is 3.87. The monoisotopic (exact) mass is 315 g/mol. The molecule has 0 aliphatic carbocycles. The molecular weight excluding hydrogens is 286 g/mol. The van der Waals surface area contributed by atoms with Gasteiger partial charge in [0.15, 0.2) is 0 Å². The van der Waals surface area contributed by atoms with Crippen LogP contribution in [0.2, 0.25) is 0 Å². The van der Waals surface area contributed by atoms with Crippen molar-refractivity contribution in [2.45, 2.75) is 13.5 Å². The molecule has 4 nitrogen and oxygen atoms in total. The highest BCUT2D eigenvalue weighted by atomic mass is 16.5. The van der Waals surface area contributed by atoms with Gasteiger partial charge in [-0.3, -0.25) is 4.90 Å². The number of benzene rings is 1. The predicted molar refractivity (Wildman–Crippen MR) is 98.4 cm³/mol. The zero-order valence-corrected chi connectivity index (χ0v) is 14.3. The van der Waals surface area contributed by atoms with Crippen LogP contribution in [0, 0.1) is 0 Å². The van der Waals surface area contributed by atoms with Gasteiger partial charge in [0.1, 0.15) is 5.75 Å². The van der Waals surface area contributed by atoms with Gasteiger partial charge in [-0.25, -0.2) is 0 Å². The SMILES string of the molecule is C=CCN(CC=C)Cc1ccc(N2CCNCC2)c(OCC)c1. The van der Waals surface area contributed by atoms with E-state index in [1.165, 1.54) is 11.3 Å². The summed E-state index contributed by atoms with van der Waals surface area (Å²) in [5, 5.41) is 3.39. The number of nitrogens with one attached hydrogen (secondary N) is 1. The third-order valence-corrected chi connectivity index (χ3v) is 3.96. The third kappa shape index (κ3) is 5.12. The summed E-state index contributed by atoms with van der Waals surface area (Å²) in [5.74, 6) is 0.990. The van der Waals surface area contributed by atoms with Crippen LogP contribution in [0.25, 0.3) is 0 Å². The second-order valence-corrected chi connectivity index (χ2v) is 5.74. The number of ether oxygens (including phenoxy) is 1. The van der Waals surface area contributed by atoms with Crippen molar-refractivity contribution in [1.82, 2.24) is 10.2 Å². The van der Waals surface area contributed by atoms with Crippen molar-refractivity contribution >= 4 is 5.69 Å². The third-order valence-electron chi connectivity index (χ3n) is 3.96. The van der Waals surface area contributed by atoms with Gasteiger partial charge in [-0.05, 0) is 24.6 Å². The molecule has 1 heterocycles. The Kier molecular flexibility index (Phi) is 7.17. The van der Waals surface area contributed by atoms with Gasteiger partial charge in [0.2, 0.25) is 0 Å². The molecule has 1 N–H and O–H groups in total. The maximum absolute atomic E-state index is 5.91. The molecule has 1 saturated heterocycles. The van der Waals surface area contributed by atoms with Gasteiger partial charge in [0.05, 0.1) is 12.3 Å². The minimum Gasteiger partial charge on any atom is -0.492 e. The Balaban J connectivity index is 2.16. The van der Waals surface area contributed by atoms with Crippen LogP contribution in [0.3, 0.4) is 0 Å². The number of anilines is 1. The van der Waals surface area contributed by atoms with E-state index >= 15 is 0 Å². The first-order chi connectivity index (χ1) is 11.3. The van der Waals surface area contributed by atoms with Crippen LogP contribution in [-0.4, -0.2) is 50.8 Å². The Bertz CT molecular complexity index is 499. The summed E-state index contributed by atoms with van der Waals surface area (Å²) in [4.78, 5) is 4.70. The van der Waals surface area contributed by atoms with Gasteiger partial charge in [-0.15, -0.1) is 13.2 Å². The van der Waals surface area contributed by atoms with Crippen molar-refractivity contribution in [1.29, 1.82) is 0 Å². The van der Waals surface area contributed by atoms with Crippen LogP contribution in [0.4, 0.5) is 5.69 Å². The van der Waals surface area contributed by atoms with Crippen molar-refractivity contribution in [3.63, 3.8) is 0 Å². The van der Waals surface area contributed by atoms with E-state index in [9.17, 15) is 0 Å². The largest absolute Gasteiger partial charge is 0.492 e. The predicted octanol–water partition coefficient (Wildman–Crippen LogP) is 2.67. The summed E-state index contributed by atoms with van der Waals surface area (Å²) in [6.45, 7) is 17.1. The number of hydrogen-bond acceptors (Lipinski definition) is 4. The highest BCUT2D eigenvalue weighted by Gasteiger charge is 2.16. The fraction of sp³-hybridized carbons (Fsp3) is 0.474. The van der Waals surface area contributed by atoms with E-state index in [4.69, 9.17) is 4.74 Å². The van der Waals surface area contributed by atoms with E-state index in [0.717, 1.165) is 51.6 Å². The normalized spacial score (nSPS) is 14.8. The van der Waals surface area contributed by atoms with Crippen molar-refractivity contribution in [2.75, 3.05) is 50.8 Å². The molecule has 1 aromatic rings. The average Bonchev–Trinajstić information content (AvgIpc) is 2.57. The molecule has 0 radical (unpaired) electrons. The van der Waals surface area contributed by atoms with Gasteiger partial charge >= 0.3 is 0 Å². The Morgan fingerprint density at radius 3 is 2.52 bits per heavy atom. The first-order valence-electron chi connectivity index (χ1n) is 8.44. The lowest BCUT2D eigenvalue weighted by Gasteiger charge is -2.31. The van der Waals surface area contributed by atoms with Crippen molar-refractivity contribution in [3.8, 4) is 5.75 Å². The second-order valence-electron chi connectivity index (χ2n) is 5.74. The fourth-order valence-corrected chi connectivity index (χ4v) is 2.92. The zero-order chi connectivity index (χ0) is 16.5. The molecule has 4 heteroatoms. The molecule has 1 aliphatic heterocycles. The van der Waals surface area contributed by atoms with Crippen molar-refractivity contribution in [2.24, 2.45) is 0 Å². The lowest BCUT2D eigenvalue weighted by Crippen LogP contribution is -2.43. The molecule has 1 aliphatic rings. The van der Waals surface area contributed by atoms with E-state index in [-0.39, 0.29) is 0 Å². The summed E-state index contributed by atoms with van der Waals surface area (Å²) in [6, 6.07) is 6.59. The smallest absolute Gasteiger partial charge is 0.142 e. The molecule has 0 bridgehead atoms. The van der Waals surface area contributed by atoms with Crippen LogP contribution in [0.5, 0.6) is 5.75 Å². The number of hydrogen-bond donors (Lipinski definition) is 1. The first kappa shape index (κ1) is 17.6. The standard InChI is InChI=1S/C19H29N3O/c1-4-11-21(12-5-2)16-17-7-8-18(19(15-17)23-6-3)22-13-9-20-10-14-22/h4-5,7-8,15,20H,1-2,6,9-14,16H2,3H3. The summed E-state index contributed by atoms with van der Waals surface area (Å²) < 4.78 is 5.91. The lowest BCUT2D eigenvalue weighted by atomic mass is 10.1. The molecule has 1 aromatic carbocycles. The number of rotatable bonds is 9. The van der Waals surface area contributed by atoms with Crippen LogP contribution in [0.15, 0.2) is 43.5 Å². The average molecular weight is 315 g/mol. The van der Waals surface area contributed by atoms with Gasteiger partial charge in [-0.2, -0.15) is 0 Å². The Hall–Kier alpha value is -1.78. The van der Waals surface area contributed by atoms with Gasteiger partial charge in [0.25, 0.3) is 0 Å². The summed E-state index contributed by atoms with van der Waals surface area (Å²) in [7, 11) is 0. The van der Waals surface area contributed by atoms with E-state index in [0.29, 0.717) is 6.61 Å². The Morgan fingerprint density at radius 1 is 1.22 bits per heavy atom. The van der Waals surface area contributed by atoms with Gasteiger partial charge in [-0.1, -0.05) is 18.2 Å². The zero-order valence-electron chi connectivity index (χ0n) is 14.3. The van der Waals surface area contributed by atoms with Crippen molar-refractivity contribution < 1.29 is 4.74 Å². The molecule has 0 unspecified atom stereocenters. The molecule has 0 spiro atoms. The Labute approximate surface area is 140 Å². The molecule has 0 amide bonds. The van der Waals surface area contributed by atoms with Gasteiger partial charge < -0.3 is 15.0 Å². The summed E-state index contributed by atoms with van der Waals surface area (Å²) >= 11 is 0. The van der Waals surface area contributed by atoms with E-state index in [1.807, 2.05) is 19.1 Å². The minimum atomic E-state index is 0.686. The second kappa shape index (κ2) is 9.38. The molecule has 1 fully saturated rings. The number of piperazine rings is 1.